The molecule has 0 aliphatic carbocycles. The Morgan fingerprint density at radius 1 is 1.18 bits per heavy atom. The summed E-state index contributed by atoms with van der Waals surface area (Å²) < 4.78 is 11.5. The quantitative estimate of drug-likeness (QED) is 0.490. The van der Waals surface area contributed by atoms with E-state index >= 15 is 0 Å². The van der Waals surface area contributed by atoms with E-state index in [2.05, 4.69) is 38.4 Å². The van der Waals surface area contributed by atoms with E-state index in [1.165, 1.54) is 6.92 Å². The molecular weight excluding hydrogens is 484 g/mol. The van der Waals surface area contributed by atoms with Crippen molar-refractivity contribution in [3.8, 4) is 23.1 Å². The summed E-state index contributed by atoms with van der Waals surface area (Å²) in [5, 5.41) is 22.6. The fraction of sp³-hybridized carbons (Fsp3) is 0.357. The first-order valence-electron chi connectivity index (χ1n) is 12.7. The molecule has 196 valence electrons. The molecule has 2 fully saturated rings. The predicted octanol–water partition coefficient (Wildman–Crippen LogP) is 2.96. The molecule has 1 amide bonds. The van der Waals surface area contributed by atoms with Gasteiger partial charge in [0.1, 0.15) is 24.0 Å². The second kappa shape index (κ2) is 11.5. The third-order valence-corrected chi connectivity index (χ3v) is 6.66. The maximum absolute atomic E-state index is 12.0. The van der Waals surface area contributed by atoms with Crippen LogP contribution in [0.3, 0.4) is 0 Å². The van der Waals surface area contributed by atoms with Gasteiger partial charge in [-0.1, -0.05) is 0 Å². The Balaban J connectivity index is 1.26. The van der Waals surface area contributed by atoms with E-state index in [0.29, 0.717) is 42.5 Å². The van der Waals surface area contributed by atoms with Gasteiger partial charge in [-0.15, -0.1) is 0 Å². The zero-order chi connectivity index (χ0) is 26.5. The minimum absolute atomic E-state index is 0.236. The first-order valence-corrected chi connectivity index (χ1v) is 12.7. The van der Waals surface area contributed by atoms with Gasteiger partial charge in [0.15, 0.2) is 0 Å². The third-order valence-electron chi connectivity index (χ3n) is 6.66. The lowest BCUT2D eigenvalue weighted by Gasteiger charge is -2.28. The van der Waals surface area contributed by atoms with Crippen molar-refractivity contribution in [2.75, 3.05) is 49.6 Å². The molecule has 2 aliphatic rings. The monoisotopic (exact) mass is 514 g/mol. The number of anilines is 3. The average Bonchev–Trinajstić information content (AvgIpc) is 3.42. The fourth-order valence-corrected chi connectivity index (χ4v) is 4.63. The van der Waals surface area contributed by atoms with Crippen molar-refractivity contribution in [1.29, 1.82) is 5.26 Å². The van der Waals surface area contributed by atoms with Crippen LogP contribution in [0.4, 0.5) is 17.3 Å². The number of rotatable bonds is 7. The molecule has 2 aliphatic heterocycles. The van der Waals surface area contributed by atoms with E-state index in [1.807, 2.05) is 18.2 Å². The summed E-state index contributed by atoms with van der Waals surface area (Å²) in [6.45, 7) is 5.60. The molecule has 2 aromatic carbocycles. The SMILES string of the molecule is C[C@H](O)C(=O)N1CCC(Oc2ccc(-c3ccnc(Nc4ccc(N5CCOCC5)cc4)n3)cc2C#N)C1. The molecular formula is C28H30N6O4. The summed E-state index contributed by atoms with van der Waals surface area (Å²) in [5.74, 6) is 0.600. The summed E-state index contributed by atoms with van der Waals surface area (Å²) in [7, 11) is 0. The molecule has 2 N–H and O–H groups in total. The van der Waals surface area contributed by atoms with Gasteiger partial charge in [-0.3, -0.25) is 4.79 Å². The number of hydrogen-bond acceptors (Lipinski definition) is 9. The van der Waals surface area contributed by atoms with Crippen LogP contribution in [-0.4, -0.2) is 77.5 Å². The van der Waals surface area contributed by atoms with E-state index < -0.39 is 6.10 Å². The van der Waals surface area contributed by atoms with Crippen molar-refractivity contribution in [2.45, 2.75) is 25.6 Å². The normalized spacial score (nSPS) is 18.1. The number of morpholine rings is 1. The second-order valence-electron chi connectivity index (χ2n) is 9.35. The maximum Gasteiger partial charge on any atom is 0.251 e. The standard InChI is InChI=1S/C28H30N6O4/c1-19(35)27(36)34-11-9-24(18-34)38-26-7-2-20(16-21(26)17-29)25-8-10-30-28(32-25)31-22-3-5-23(6-4-22)33-12-14-37-15-13-33/h2-8,10,16,19,24,35H,9,11-15,18H2,1H3,(H,30,31,32)/t19-,24?/m0/s1. The number of carbonyl (C=O) groups excluding carboxylic acids is 1. The van der Waals surface area contributed by atoms with Gasteiger partial charge < -0.3 is 29.7 Å². The van der Waals surface area contributed by atoms with Gasteiger partial charge in [-0.2, -0.15) is 5.26 Å². The first kappa shape index (κ1) is 25.4. The Bertz CT molecular complexity index is 1320. The smallest absolute Gasteiger partial charge is 0.251 e. The van der Waals surface area contributed by atoms with Crippen molar-refractivity contribution in [3.63, 3.8) is 0 Å². The Kier molecular flexibility index (Phi) is 7.67. The van der Waals surface area contributed by atoms with Gasteiger partial charge in [0.25, 0.3) is 5.91 Å². The Hall–Kier alpha value is -4.20. The highest BCUT2D eigenvalue weighted by Crippen LogP contribution is 2.28. The summed E-state index contributed by atoms with van der Waals surface area (Å²) in [5.41, 5.74) is 3.85. The summed E-state index contributed by atoms with van der Waals surface area (Å²) in [6.07, 6.45) is 1.04. The Labute approximate surface area is 221 Å². The fourth-order valence-electron chi connectivity index (χ4n) is 4.63. The van der Waals surface area contributed by atoms with E-state index in [-0.39, 0.29) is 12.0 Å². The Morgan fingerprint density at radius 3 is 2.71 bits per heavy atom. The largest absolute Gasteiger partial charge is 0.487 e. The number of carbonyl (C=O) groups is 1. The highest BCUT2D eigenvalue weighted by Gasteiger charge is 2.30. The second-order valence-corrected chi connectivity index (χ2v) is 9.35. The molecule has 1 unspecified atom stereocenters. The van der Waals surface area contributed by atoms with Gasteiger partial charge in [0.05, 0.1) is 31.0 Å². The zero-order valence-electron chi connectivity index (χ0n) is 21.2. The third kappa shape index (κ3) is 5.85. The number of aromatic nitrogens is 2. The first-order chi connectivity index (χ1) is 18.5. The Morgan fingerprint density at radius 2 is 1.97 bits per heavy atom. The van der Waals surface area contributed by atoms with Crippen LogP contribution in [0.2, 0.25) is 0 Å². The average molecular weight is 515 g/mol. The number of nitrogens with one attached hydrogen (secondary N) is 1. The summed E-state index contributed by atoms with van der Waals surface area (Å²) >= 11 is 0. The molecule has 2 atom stereocenters. The number of benzene rings is 2. The van der Waals surface area contributed by atoms with E-state index in [4.69, 9.17) is 9.47 Å². The number of nitriles is 1. The number of aliphatic hydroxyl groups excluding tert-OH is 1. The molecule has 0 saturated carbocycles. The van der Waals surface area contributed by atoms with Crippen LogP contribution in [0, 0.1) is 11.3 Å². The molecule has 1 aromatic heterocycles. The van der Waals surface area contributed by atoms with Gasteiger partial charge in [-0.05, 0) is 55.5 Å². The highest BCUT2D eigenvalue weighted by molar-refractivity contribution is 5.80. The molecule has 5 rings (SSSR count). The molecule has 10 heteroatoms. The topological polar surface area (TPSA) is 124 Å². The molecule has 3 aromatic rings. The van der Waals surface area contributed by atoms with Gasteiger partial charge in [0, 0.05) is 49.2 Å². The van der Waals surface area contributed by atoms with E-state index in [1.54, 1.807) is 29.3 Å². The molecule has 10 nitrogen and oxygen atoms in total. The molecule has 38 heavy (non-hydrogen) atoms. The number of likely N-dealkylation sites (tertiary alicyclic amines) is 1. The van der Waals surface area contributed by atoms with Crippen LogP contribution >= 0.6 is 0 Å². The molecule has 0 bridgehead atoms. The molecule has 0 spiro atoms. The highest BCUT2D eigenvalue weighted by atomic mass is 16.5. The number of amides is 1. The lowest BCUT2D eigenvalue weighted by Crippen LogP contribution is -2.37. The molecule has 2 saturated heterocycles. The number of hydrogen-bond donors (Lipinski definition) is 2. The lowest BCUT2D eigenvalue weighted by molar-refractivity contribution is -0.138. The van der Waals surface area contributed by atoms with Crippen LogP contribution in [0.25, 0.3) is 11.3 Å². The minimum atomic E-state index is -1.04. The van der Waals surface area contributed by atoms with Crippen LogP contribution in [0.15, 0.2) is 54.7 Å². The van der Waals surface area contributed by atoms with E-state index in [0.717, 1.165) is 43.2 Å². The lowest BCUT2D eigenvalue weighted by atomic mass is 10.1. The minimum Gasteiger partial charge on any atom is -0.487 e. The molecule has 3 heterocycles. The number of nitrogens with zero attached hydrogens (tertiary/aromatic N) is 5. The zero-order valence-corrected chi connectivity index (χ0v) is 21.2. The predicted molar refractivity (Wildman–Crippen MR) is 142 cm³/mol. The van der Waals surface area contributed by atoms with Crippen LogP contribution in [0.5, 0.6) is 5.75 Å². The summed E-state index contributed by atoms with van der Waals surface area (Å²) in [4.78, 5) is 24.9. The molecule has 0 radical (unpaired) electrons. The number of ether oxygens (including phenoxy) is 2. The van der Waals surface area contributed by atoms with Crippen LogP contribution in [0.1, 0.15) is 18.9 Å². The van der Waals surface area contributed by atoms with Crippen LogP contribution in [-0.2, 0) is 9.53 Å². The van der Waals surface area contributed by atoms with Crippen molar-refractivity contribution < 1.29 is 19.4 Å². The van der Waals surface area contributed by atoms with E-state index in [9.17, 15) is 15.2 Å². The van der Waals surface area contributed by atoms with Crippen LogP contribution < -0.4 is 15.0 Å². The van der Waals surface area contributed by atoms with Gasteiger partial charge in [0.2, 0.25) is 5.95 Å². The van der Waals surface area contributed by atoms with Gasteiger partial charge >= 0.3 is 0 Å². The van der Waals surface area contributed by atoms with Gasteiger partial charge in [-0.25, -0.2) is 9.97 Å². The number of aliphatic hydroxyl groups is 1. The van der Waals surface area contributed by atoms with Crippen molar-refractivity contribution >= 4 is 23.2 Å². The maximum atomic E-state index is 12.0. The summed E-state index contributed by atoms with van der Waals surface area (Å²) in [6, 6.07) is 17.5. The van der Waals surface area contributed by atoms with Crippen molar-refractivity contribution in [1.82, 2.24) is 14.9 Å². The van der Waals surface area contributed by atoms with Crippen molar-refractivity contribution in [2.24, 2.45) is 0 Å². The van der Waals surface area contributed by atoms with Crippen molar-refractivity contribution in [3.05, 3.63) is 60.3 Å².